The first-order valence-corrected chi connectivity index (χ1v) is 6.71. The molecular formula is C16H16ClNO2. The van der Waals surface area contributed by atoms with Crippen LogP contribution in [0.2, 0.25) is 5.02 Å². The summed E-state index contributed by atoms with van der Waals surface area (Å²) < 4.78 is 4.90. The van der Waals surface area contributed by atoms with Gasteiger partial charge in [0.05, 0.1) is 6.61 Å². The van der Waals surface area contributed by atoms with E-state index in [1.54, 1.807) is 13.2 Å². The van der Waals surface area contributed by atoms with Crippen molar-refractivity contribution < 1.29 is 9.53 Å². The van der Waals surface area contributed by atoms with E-state index >= 15 is 0 Å². The van der Waals surface area contributed by atoms with Crippen LogP contribution in [-0.4, -0.2) is 26.2 Å². The van der Waals surface area contributed by atoms with Gasteiger partial charge in [0.2, 0.25) is 0 Å². The first kappa shape index (κ1) is 14.6. The zero-order valence-electron chi connectivity index (χ0n) is 11.2. The summed E-state index contributed by atoms with van der Waals surface area (Å²) in [5, 5.41) is 3.33. The molecule has 0 saturated carbocycles. The van der Waals surface area contributed by atoms with Crippen LogP contribution in [0.5, 0.6) is 0 Å². The van der Waals surface area contributed by atoms with Crippen LogP contribution in [0.3, 0.4) is 0 Å². The third kappa shape index (κ3) is 3.83. The Kier molecular flexibility index (Phi) is 5.16. The number of hydrogen-bond acceptors (Lipinski definition) is 2. The zero-order valence-corrected chi connectivity index (χ0v) is 12.0. The maximum atomic E-state index is 12.0. The summed E-state index contributed by atoms with van der Waals surface area (Å²) in [6.45, 7) is 0.959. The van der Waals surface area contributed by atoms with Crippen LogP contribution in [-0.2, 0) is 4.74 Å². The molecule has 0 fully saturated rings. The van der Waals surface area contributed by atoms with Gasteiger partial charge in [0.25, 0.3) is 5.91 Å². The summed E-state index contributed by atoms with van der Waals surface area (Å²) in [6.07, 6.45) is 0. The molecule has 2 aromatic rings. The fraction of sp³-hybridized carbons (Fsp3) is 0.188. The number of rotatable bonds is 5. The quantitative estimate of drug-likeness (QED) is 0.857. The molecule has 1 N–H and O–H groups in total. The highest BCUT2D eigenvalue weighted by Crippen LogP contribution is 2.24. The topological polar surface area (TPSA) is 38.3 Å². The summed E-state index contributed by atoms with van der Waals surface area (Å²) in [7, 11) is 1.60. The van der Waals surface area contributed by atoms with Crippen LogP contribution in [0.15, 0.2) is 48.5 Å². The first-order valence-electron chi connectivity index (χ1n) is 6.34. The highest BCUT2D eigenvalue weighted by Gasteiger charge is 2.08. The second-order valence-corrected chi connectivity index (χ2v) is 4.78. The third-order valence-corrected chi connectivity index (χ3v) is 3.08. The number of methoxy groups -OCH3 is 1. The lowest BCUT2D eigenvalue weighted by Crippen LogP contribution is -2.26. The van der Waals surface area contributed by atoms with Crippen molar-refractivity contribution in [3.05, 3.63) is 59.1 Å². The number of halogens is 1. The lowest BCUT2D eigenvalue weighted by molar-refractivity contribution is 0.0937. The van der Waals surface area contributed by atoms with E-state index in [9.17, 15) is 4.79 Å². The predicted molar refractivity (Wildman–Crippen MR) is 81.1 cm³/mol. The fourth-order valence-corrected chi connectivity index (χ4v) is 2.12. The fourth-order valence-electron chi connectivity index (χ4n) is 1.89. The molecule has 0 spiro atoms. The maximum Gasteiger partial charge on any atom is 0.251 e. The van der Waals surface area contributed by atoms with Gasteiger partial charge in [0.1, 0.15) is 0 Å². The van der Waals surface area contributed by atoms with E-state index in [1.165, 1.54) is 0 Å². The molecular weight excluding hydrogens is 274 g/mol. The van der Waals surface area contributed by atoms with Crippen molar-refractivity contribution >= 4 is 17.5 Å². The van der Waals surface area contributed by atoms with Crippen LogP contribution in [0, 0.1) is 0 Å². The van der Waals surface area contributed by atoms with Crippen LogP contribution >= 0.6 is 11.6 Å². The van der Waals surface area contributed by atoms with E-state index in [0.29, 0.717) is 23.7 Å². The molecule has 0 unspecified atom stereocenters. The number of hydrogen-bond donors (Lipinski definition) is 1. The Hall–Kier alpha value is -1.84. The van der Waals surface area contributed by atoms with Gasteiger partial charge in [0, 0.05) is 24.2 Å². The molecule has 1 amide bonds. The molecule has 104 valence electrons. The predicted octanol–water partition coefficient (Wildman–Crippen LogP) is 3.38. The number of amides is 1. The summed E-state index contributed by atoms with van der Waals surface area (Å²) in [6, 6.07) is 15.2. The normalized spacial score (nSPS) is 10.3. The van der Waals surface area contributed by atoms with E-state index in [2.05, 4.69) is 5.32 Å². The van der Waals surface area contributed by atoms with Crippen molar-refractivity contribution in [2.45, 2.75) is 0 Å². The molecule has 20 heavy (non-hydrogen) atoms. The number of carbonyl (C=O) groups is 1. The van der Waals surface area contributed by atoms with Gasteiger partial charge in [-0.2, -0.15) is 0 Å². The largest absolute Gasteiger partial charge is 0.383 e. The second-order valence-electron chi connectivity index (χ2n) is 4.34. The van der Waals surface area contributed by atoms with Gasteiger partial charge in [-0.15, -0.1) is 0 Å². The number of benzene rings is 2. The Morgan fingerprint density at radius 3 is 2.60 bits per heavy atom. The Bertz CT molecular complexity index is 584. The minimum absolute atomic E-state index is 0.151. The average Bonchev–Trinajstić information content (AvgIpc) is 2.47. The van der Waals surface area contributed by atoms with Gasteiger partial charge >= 0.3 is 0 Å². The van der Waals surface area contributed by atoms with Gasteiger partial charge in [0.15, 0.2) is 0 Å². The maximum absolute atomic E-state index is 12.0. The van der Waals surface area contributed by atoms with Gasteiger partial charge in [-0.1, -0.05) is 41.9 Å². The van der Waals surface area contributed by atoms with Crippen molar-refractivity contribution in [1.82, 2.24) is 5.32 Å². The second kappa shape index (κ2) is 7.08. The summed E-state index contributed by atoms with van der Waals surface area (Å²) in [4.78, 5) is 12.0. The lowest BCUT2D eigenvalue weighted by atomic mass is 10.0. The molecule has 2 aromatic carbocycles. The van der Waals surface area contributed by atoms with Gasteiger partial charge in [-0.25, -0.2) is 0 Å². The van der Waals surface area contributed by atoms with Crippen molar-refractivity contribution in [1.29, 1.82) is 0 Å². The minimum atomic E-state index is -0.151. The lowest BCUT2D eigenvalue weighted by Gasteiger charge is -2.08. The van der Waals surface area contributed by atoms with Gasteiger partial charge in [-0.3, -0.25) is 4.79 Å². The number of nitrogens with one attached hydrogen (secondary N) is 1. The SMILES string of the molecule is COCCNC(=O)c1cc(Cl)cc(-c2ccccc2)c1. The Labute approximate surface area is 123 Å². The van der Waals surface area contributed by atoms with E-state index in [0.717, 1.165) is 11.1 Å². The molecule has 0 saturated heterocycles. The van der Waals surface area contributed by atoms with Crippen molar-refractivity contribution in [3.63, 3.8) is 0 Å². The summed E-state index contributed by atoms with van der Waals surface area (Å²) in [5.41, 5.74) is 2.50. The molecule has 0 radical (unpaired) electrons. The smallest absolute Gasteiger partial charge is 0.251 e. The highest BCUT2D eigenvalue weighted by molar-refractivity contribution is 6.31. The van der Waals surface area contributed by atoms with Crippen LogP contribution < -0.4 is 5.32 Å². The standard InChI is InChI=1S/C16H16ClNO2/c1-20-8-7-18-16(19)14-9-13(10-15(17)11-14)12-5-3-2-4-6-12/h2-6,9-11H,7-8H2,1H3,(H,18,19). The molecule has 2 rings (SSSR count). The van der Waals surface area contributed by atoms with E-state index in [1.807, 2.05) is 42.5 Å². The molecule has 4 heteroatoms. The molecule has 0 bridgehead atoms. The minimum Gasteiger partial charge on any atom is -0.383 e. The Balaban J connectivity index is 2.23. The molecule has 0 aromatic heterocycles. The van der Waals surface area contributed by atoms with Gasteiger partial charge < -0.3 is 10.1 Å². The third-order valence-electron chi connectivity index (χ3n) is 2.86. The number of carbonyl (C=O) groups excluding carboxylic acids is 1. The van der Waals surface area contributed by atoms with Gasteiger partial charge in [-0.05, 0) is 29.3 Å². The van der Waals surface area contributed by atoms with Crippen LogP contribution in [0.1, 0.15) is 10.4 Å². The highest BCUT2D eigenvalue weighted by atomic mass is 35.5. The molecule has 3 nitrogen and oxygen atoms in total. The molecule has 0 aliphatic heterocycles. The Morgan fingerprint density at radius 1 is 1.15 bits per heavy atom. The molecule has 0 atom stereocenters. The first-order chi connectivity index (χ1) is 9.70. The zero-order chi connectivity index (χ0) is 14.4. The Morgan fingerprint density at radius 2 is 1.90 bits per heavy atom. The summed E-state index contributed by atoms with van der Waals surface area (Å²) >= 11 is 6.10. The average molecular weight is 290 g/mol. The molecule has 0 aliphatic rings. The van der Waals surface area contributed by atoms with Crippen LogP contribution in [0.4, 0.5) is 0 Å². The van der Waals surface area contributed by atoms with E-state index in [-0.39, 0.29) is 5.91 Å². The summed E-state index contributed by atoms with van der Waals surface area (Å²) in [5.74, 6) is -0.151. The van der Waals surface area contributed by atoms with Crippen molar-refractivity contribution in [2.75, 3.05) is 20.3 Å². The van der Waals surface area contributed by atoms with E-state index < -0.39 is 0 Å². The van der Waals surface area contributed by atoms with Crippen molar-refractivity contribution in [3.8, 4) is 11.1 Å². The molecule has 0 heterocycles. The van der Waals surface area contributed by atoms with Crippen molar-refractivity contribution in [2.24, 2.45) is 0 Å². The van der Waals surface area contributed by atoms with Crippen LogP contribution in [0.25, 0.3) is 11.1 Å². The monoisotopic (exact) mass is 289 g/mol. The number of ether oxygens (including phenoxy) is 1. The van der Waals surface area contributed by atoms with E-state index in [4.69, 9.17) is 16.3 Å². The molecule has 0 aliphatic carbocycles.